The van der Waals surface area contributed by atoms with Gasteiger partial charge in [0, 0.05) is 23.9 Å². The molecule has 0 spiro atoms. The lowest BCUT2D eigenvalue weighted by Gasteiger charge is -2.24. The van der Waals surface area contributed by atoms with E-state index in [1.807, 2.05) is 6.07 Å². The minimum Gasteiger partial charge on any atom is -0.489 e. The Morgan fingerprint density at radius 2 is 1.85 bits per heavy atom. The number of aromatic nitrogens is 3. The van der Waals surface area contributed by atoms with Crippen molar-refractivity contribution in [3.05, 3.63) is 95.7 Å². The van der Waals surface area contributed by atoms with Crippen molar-refractivity contribution in [2.45, 2.75) is 24.4 Å². The highest BCUT2D eigenvalue weighted by Gasteiger charge is 2.47. The number of hydrogen-bond donors (Lipinski definition) is 2. The van der Waals surface area contributed by atoms with Gasteiger partial charge in [0.15, 0.2) is 0 Å². The molecule has 3 N–H and O–H groups in total. The number of carbonyl (C=O) groups excluding carboxylic acids is 2. The Kier molecular flexibility index (Phi) is 6.78. The number of pyridine rings is 1. The Morgan fingerprint density at radius 3 is 2.50 bits per heavy atom. The van der Waals surface area contributed by atoms with Crippen molar-refractivity contribution in [3.63, 3.8) is 0 Å². The zero-order valence-corrected chi connectivity index (χ0v) is 21.1. The molecular formula is C28H23F4N5O3. The Morgan fingerprint density at radius 1 is 1.15 bits per heavy atom. The molecule has 4 aromatic rings. The highest BCUT2D eigenvalue weighted by Crippen LogP contribution is 2.46. The zero-order valence-electron chi connectivity index (χ0n) is 21.1. The van der Waals surface area contributed by atoms with Gasteiger partial charge >= 0.3 is 6.18 Å². The van der Waals surface area contributed by atoms with E-state index in [2.05, 4.69) is 15.4 Å². The number of carbonyl (C=O) groups is 2. The number of primary amides is 1. The maximum absolute atomic E-state index is 14.4. The molecule has 0 saturated carbocycles. The molecule has 40 heavy (non-hydrogen) atoms. The van der Waals surface area contributed by atoms with Gasteiger partial charge in [0.2, 0.25) is 5.91 Å². The minimum absolute atomic E-state index is 0.00203. The third-order valence-corrected chi connectivity index (χ3v) is 6.84. The maximum atomic E-state index is 14.4. The molecule has 2 atom stereocenters. The second-order valence-corrected chi connectivity index (χ2v) is 9.58. The van der Waals surface area contributed by atoms with Crippen molar-refractivity contribution >= 4 is 11.8 Å². The quantitative estimate of drug-likeness (QED) is 0.332. The number of hydrogen-bond acceptors (Lipinski definition) is 5. The average molecular weight is 554 g/mol. The number of nitrogens with two attached hydrogens (primary N) is 1. The molecule has 8 nitrogen and oxygen atoms in total. The van der Waals surface area contributed by atoms with Crippen molar-refractivity contribution in [3.8, 4) is 22.7 Å². The molecule has 2 aromatic carbocycles. The van der Waals surface area contributed by atoms with Crippen LogP contribution in [0.3, 0.4) is 0 Å². The second kappa shape index (κ2) is 10.1. The summed E-state index contributed by atoms with van der Waals surface area (Å²) < 4.78 is 63.9. The molecular weight excluding hydrogens is 530 g/mol. The minimum atomic E-state index is -4.83. The molecule has 1 aliphatic heterocycles. The molecule has 206 valence electrons. The number of amides is 2. The molecule has 0 radical (unpaired) electrons. The van der Waals surface area contributed by atoms with Crippen LogP contribution in [-0.2, 0) is 10.2 Å². The predicted molar refractivity (Wildman–Crippen MR) is 136 cm³/mol. The summed E-state index contributed by atoms with van der Waals surface area (Å²) in [6.45, 7) is 0.422. The van der Waals surface area contributed by atoms with Crippen molar-refractivity contribution in [2.75, 3.05) is 13.2 Å². The Balaban J connectivity index is 1.50. The number of nitrogens with one attached hydrogen (secondary N) is 1. The summed E-state index contributed by atoms with van der Waals surface area (Å²) in [6.07, 6.45) is -2.17. The molecule has 2 amide bonds. The normalized spacial score (nSPS) is 17.1. The smallest absolute Gasteiger partial charge is 0.398 e. The van der Waals surface area contributed by atoms with E-state index < -0.39 is 47.4 Å². The van der Waals surface area contributed by atoms with Gasteiger partial charge in [-0.25, -0.2) is 14.1 Å². The first-order chi connectivity index (χ1) is 19.0. The number of fused-ring (bicyclic) bond motifs is 1. The van der Waals surface area contributed by atoms with Gasteiger partial charge in [0.1, 0.15) is 35.2 Å². The molecule has 0 fully saturated rings. The Hall–Kier alpha value is -4.74. The van der Waals surface area contributed by atoms with E-state index in [4.69, 9.17) is 10.5 Å². The van der Waals surface area contributed by atoms with Crippen LogP contribution in [0.5, 0.6) is 5.75 Å². The highest BCUT2D eigenvalue weighted by molar-refractivity contribution is 5.94. The third kappa shape index (κ3) is 4.99. The van der Waals surface area contributed by atoms with Gasteiger partial charge in [-0.2, -0.15) is 18.3 Å². The molecule has 0 saturated heterocycles. The van der Waals surface area contributed by atoms with Crippen LogP contribution in [0.25, 0.3) is 16.9 Å². The van der Waals surface area contributed by atoms with Crippen LogP contribution in [0, 0.1) is 5.82 Å². The average Bonchev–Trinajstić information content (AvgIpc) is 3.55. The summed E-state index contributed by atoms with van der Waals surface area (Å²) in [5.41, 5.74) is 4.87. The van der Waals surface area contributed by atoms with E-state index >= 15 is 0 Å². The first kappa shape index (κ1) is 26.9. The maximum Gasteiger partial charge on any atom is 0.398 e. The van der Waals surface area contributed by atoms with E-state index in [0.29, 0.717) is 5.69 Å². The number of nitrogens with zero attached hydrogens (tertiary/aromatic N) is 3. The topological polar surface area (TPSA) is 112 Å². The van der Waals surface area contributed by atoms with Gasteiger partial charge in [-0.05, 0) is 49.4 Å². The number of para-hydroxylation sites is 1. The number of halogens is 4. The van der Waals surface area contributed by atoms with E-state index in [0.717, 1.165) is 18.2 Å². The lowest BCUT2D eigenvalue weighted by atomic mass is 9.82. The fraction of sp³-hybridized carbons (Fsp3) is 0.214. The van der Waals surface area contributed by atoms with Crippen LogP contribution in [0.2, 0.25) is 0 Å². The van der Waals surface area contributed by atoms with Crippen molar-refractivity contribution in [1.29, 1.82) is 0 Å². The lowest BCUT2D eigenvalue weighted by Crippen LogP contribution is -2.40. The SMILES string of the molecule is C[C@]1(C(N)=O)COc2c1cc([C@@H](CNC(=O)c1cnn(-c3ccccc3)c1)C(F)(F)F)nc2-c1ccc(F)cc1. The Bertz CT molecular complexity index is 1570. The first-order valence-electron chi connectivity index (χ1n) is 12.2. The van der Waals surface area contributed by atoms with Crippen LogP contribution in [0.1, 0.15) is 34.5 Å². The van der Waals surface area contributed by atoms with Gasteiger partial charge in [-0.3, -0.25) is 9.59 Å². The van der Waals surface area contributed by atoms with Crippen LogP contribution in [-0.4, -0.2) is 45.9 Å². The van der Waals surface area contributed by atoms with Gasteiger partial charge in [-0.15, -0.1) is 0 Å². The summed E-state index contributed by atoms with van der Waals surface area (Å²) in [5.74, 6) is -4.26. The lowest BCUT2D eigenvalue weighted by molar-refractivity contribution is -0.149. The van der Waals surface area contributed by atoms with E-state index in [1.165, 1.54) is 36.1 Å². The second-order valence-electron chi connectivity index (χ2n) is 9.58. The van der Waals surface area contributed by atoms with Crippen LogP contribution in [0.4, 0.5) is 17.6 Å². The predicted octanol–water partition coefficient (Wildman–Crippen LogP) is 4.28. The van der Waals surface area contributed by atoms with Gasteiger partial charge in [-0.1, -0.05) is 18.2 Å². The van der Waals surface area contributed by atoms with E-state index in [9.17, 15) is 27.2 Å². The fourth-order valence-corrected chi connectivity index (χ4v) is 4.44. The molecule has 0 unspecified atom stereocenters. The molecule has 1 aliphatic rings. The van der Waals surface area contributed by atoms with Gasteiger partial charge in [0.25, 0.3) is 5.91 Å². The van der Waals surface area contributed by atoms with Crippen LogP contribution < -0.4 is 15.8 Å². The number of benzene rings is 2. The summed E-state index contributed by atoms with van der Waals surface area (Å²) in [5, 5.41) is 6.42. The molecule has 5 rings (SSSR count). The van der Waals surface area contributed by atoms with Crippen molar-refractivity contribution in [2.24, 2.45) is 5.73 Å². The standard InChI is InChI=1S/C28H23F4N5O3/c1-27(26(33)39)15-40-24-20(27)11-22(36-23(24)16-7-9-18(29)10-8-16)21(28(30,31)32)13-34-25(38)17-12-35-37(14-17)19-5-3-2-4-6-19/h2-12,14,21H,13,15H2,1H3,(H2,33,39)(H,34,38)/t21-,27+/m1/s1. The van der Waals surface area contributed by atoms with Crippen molar-refractivity contribution < 1.29 is 31.9 Å². The van der Waals surface area contributed by atoms with E-state index in [1.54, 1.807) is 24.3 Å². The number of ether oxygens (including phenoxy) is 1. The monoisotopic (exact) mass is 553 g/mol. The fourth-order valence-electron chi connectivity index (χ4n) is 4.44. The number of alkyl halides is 3. The molecule has 12 heteroatoms. The summed E-state index contributed by atoms with van der Waals surface area (Å²) >= 11 is 0. The summed E-state index contributed by atoms with van der Waals surface area (Å²) in [7, 11) is 0. The van der Waals surface area contributed by atoms with E-state index in [-0.39, 0.29) is 34.7 Å². The molecule has 2 aromatic heterocycles. The first-order valence-corrected chi connectivity index (χ1v) is 12.2. The van der Waals surface area contributed by atoms with Crippen LogP contribution >= 0.6 is 0 Å². The van der Waals surface area contributed by atoms with Gasteiger partial charge < -0.3 is 15.8 Å². The molecule has 3 heterocycles. The van der Waals surface area contributed by atoms with Crippen LogP contribution in [0.15, 0.2) is 73.1 Å². The van der Waals surface area contributed by atoms with Gasteiger partial charge in [0.05, 0.1) is 23.1 Å². The largest absolute Gasteiger partial charge is 0.489 e. The molecule has 0 aliphatic carbocycles. The Labute approximate surface area is 225 Å². The zero-order chi connectivity index (χ0) is 28.7. The third-order valence-electron chi connectivity index (χ3n) is 6.84. The number of rotatable bonds is 7. The molecule has 0 bridgehead atoms. The highest BCUT2D eigenvalue weighted by atomic mass is 19.4. The van der Waals surface area contributed by atoms with Crippen molar-refractivity contribution in [1.82, 2.24) is 20.1 Å². The summed E-state index contributed by atoms with van der Waals surface area (Å²) in [4.78, 5) is 29.3. The summed E-state index contributed by atoms with van der Waals surface area (Å²) in [6, 6.07) is 15.0.